The second kappa shape index (κ2) is 6.51. The van der Waals surface area contributed by atoms with Crippen LogP contribution in [0.3, 0.4) is 0 Å². The van der Waals surface area contributed by atoms with Crippen LogP contribution in [0.2, 0.25) is 0 Å². The maximum Gasteiger partial charge on any atom is 0.315 e. The standard InChI is InChI=1S/C16H22N6OS/c1-2-13-20-14-12(4-3-7-22(14)21-13)19-16(23)17-8-11-9-24-15(18-11)10-5-6-10/h9-10,12H,2-8H2,1H3,(H2,17,19,23). The van der Waals surface area contributed by atoms with Gasteiger partial charge in [-0.1, -0.05) is 6.92 Å². The molecular weight excluding hydrogens is 324 g/mol. The number of hydrogen-bond acceptors (Lipinski definition) is 5. The van der Waals surface area contributed by atoms with Crippen molar-refractivity contribution in [1.29, 1.82) is 0 Å². The van der Waals surface area contributed by atoms with E-state index in [0.29, 0.717) is 12.5 Å². The Balaban J connectivity index is 1.33. The van der Waals surface area contributed by atoms with Crippen molar-refractivity contribution in [1.82, 2.24) is 30.4 Å². The molecule has 1 fully saturated rings. The molecule has 0 aromatic carbocycles. The number of nitrogens with one attached hydrogen (secondary N) is 2. The summed E-state index contributed by atoms with van der Waals surface area (Å²) in [6.07, 6.45) is 5.22. The zero-order valence-corrected chi connectivity index (χ0v) is 14.6. The molecule has 1 atom stereocenters. The molecule has 8 heteroatoms. The van der Waals surface area contributed by atoms with Crippen LogP contribution in [0.1, 0.15) is 66.9 Å². The number of hydrogen-bond donors (Lipinski definition) is 2. The highest BCUT2D eigenvalue weighted by Gasteiger charge is 2.27. The van der Waals surface area contributed by atoms with Crippen molar-refractivity contribution in [2.75, 3.05) is 0 Å². The summed E-state index contributed by atoms with van der Waals surface area (Å²) in [5, 5.41) is 13.7. The molecule has 128 valence electrons. The maximum atomic E-state index is 12.2. The van der Waals surface area contributed by atoms with Crippen LogP contribution in [-0.2, 0) is 19.5 Å². The second-order valence-electron chi connectivity index (χ2n) is 6.44. The molecule has 1 unspecified atom stereocenters. The minimum atomic E-state index is -0.171. The van der Waals surface area contributed by atoms with Crippen molar-refractivity contribution in [3.63, 3.8) is 0 Å². The van der Waals surface area contributed by atoms with E-state index in [-0.39, 0.29) is 12.1 Å². The lowest BCUT2D eigenvalue weighted by Gasteiger charge is -2.23. The quantitative estimate of drug-likeness (QED) is 0.871. The van der Waals surface area contributed by atoms with Crippen LogP contribution in [0.15, 0.2) is 5.38 Å². The van der Waals surface area contributed by atoms with E-state index in [2.05, 4.69) is 25.7 Å². The third-order valence-electron chi connectivity index (χ3n) is 4.47. The molecule has 1 aliphatic carbocycles. The average molecular weight is 346 g/mol. The van der Waals surface area contributed by atoms with Gasteiger partial charge in [-0.3, -0.25) is 0 Å². The number of nitrogens with zero attached hydrogens (tertiary/aromatic N) is 4. The summed E-state index contributed by atoms with van der Waals surface area (Å²) in [5.74, 6) is 2.38. The van der Waals surface area contributed by atoms with Gasteiger partial charge in [-0.25, -0.2) is 19.4 Å². The van der Waals surface area contributed by atoms with Gasteiger partial charge in [-0.05, 0) is 25.7 Å². The number of urea groups is 1. The first-order valence-electron chi connectivity index (χ1n) is 8.65. The van der Waals surface area contributed by atoms with E-state index in [9.17, 15) is 4.79 Å². The molecule has 3 heterocycles. The van der Waals surface area contributed by atoms with Gasteiger partial charge in [-0.2, -0.15) is 5.10 Å². The van der Waals surface area contributed by atoms with Crippen molar-refractivity contribution in [3.05, 3.63) is 27.7 Å². The van der Waals surface area contributed by atoms with Crippen LogP contribution < -0.4 is 10.6 Å². The van der Waals surface area contributed by atoms with Gasteiger partial charge < -0.3 is 10.6 Å². The monoisotopic (exact) mass is 346 g/mol. The number of rotatable bonds is 5. The van der Waals surface area contributed by atoms with Crippen LogP contribution in [-0.4, -0.2) is 25.8 Å². The Hall–Kier alpha value is -1.96. The molecule has 0 radical (unpaired) electrons. The lowest BCUT2D eigenvalue weighted by molar-refractivity contribution is 0.232. The summed E-state index contributed by atoms with van der Waals surface area (Å²) in [6, 6.07) is -0.237. The van der Waals surface area contributed by atoms with Gasteiger partial charge in [0.1, 0.15) is 5.82 Å². The Labute approximate surface area is 144 Å². The van der Waals surface area contributed by atoms with Crippen LogP contribution >= 0.6 is 11.3 Å². The zero-order chi connectivity index (χ0) is 16.5. The van der Waals surface area contributed by atoms with E-state index in [1.54, 1.807) is 11.3 Å². The molecule has 7 nitrogen and oxygen atoms in total. The summed E-state index contributed by atoms with van der Waals surface area (Å²) >= 11 is 1.70. The Kier molecular flexibility index (Phi) is 4.22. The highest BCUT2D eigenvalue weighted by Crippen LogP contribution is 2.41. The van der Waals surface area contributed by atoms with Crippen LogP contribution in [0, 0.1) is 0 Å². The summed E-state index contributed by atoms with van der Waals surface area (Å²) < 4.78 is 1.93. The number of fused-ring (bicyclic) bond motifs is 1. The number of aromatic nitrogens is 4. The van der Waals surface area contributed by atoms with E-state index in [1.807, 2.05) is 17.0 Å². The summed E-state index contributed by atoms with van der Waals surface area (Å²) in [5.41, 5.74) is 0.942. The van der Waals surface area contributed by atoms with E-state index in [1.165, 1.54) is 17.8 Å². The minimum Gasteiger partial charge on any atom is -0.332 e. The number of thiazole rings is 1. The lowest BCUT2D eigenvalue weighted by Crippen LogP contribution is -2.40. The molecule has 2 N–H and O–H groups in total. The molecule has 24 heavy (non-hydrogen) atoms. The number of carbonyl (C=O) groups is 1. The fraction of sp³-hybridized carbons (Fsp3) is 0.625. The first-order valence-corrected chi connectivity index (χ1v) is 9.53. The molecule has 2 aromatic rings. The molecule has 2 aromatic heterocycles. The molecule has 2 aliphatic rings. The molecule has 1 saturated carbocycles. The average Bonchev–Trinajstić information content (AvgIpc) is 3.17. The van der Waals surface area contributed by atoms with Gasteiger partial charge in [0, 0.05) is 24.3 Å². The van der Waals surface area contributed by atoms with Gasteiger partial charge in [0.05, 0.1) is 23.3 Å². The molecule has 0 spiro atoms. The smallest absolute Gasteiger partial charge is 0.315 e. The predicted molar refractivity (Wildman–Crippen MR) is 90.8 cm³/mol. The van der Waals surface area contributed by atoms with Crippen molar-refractivity contribution < 1.29 is 4.79 Å². The minimum absolute atomic E-state index is 0.0657. The van der Waals surface area contributed by atoms with Crippen molar-refractivity contribution in [3.8, 4) is 0 Å². The molecule has 0 saturated heterocycles. The topological polar surface area (TPSA) is 84.7 Å². The Bertz CT molecular complexity index is 735. The van der Waals surface area contributed by atoms with Gasteiger partial charge in [-0.15, -0.1) is 11.3 Å². The molecule has 1 aliphatic heterocycles. The van der Waals surface area contributed by atoms with Crippen LogP contribution in [0.5, 0.6) is 0 Å². The fourth-order valence-corrected chi connectivity index (χ4v) is 3.98. The summed E-state index contributed by atoms with van der Waals surface area (Å²) in [7, 11) is 0. The van der Waals surface area contributed by atoms with Crippen molar-refractivity contribution in [2.24, 2.45) is 0 Å². The van der Waals surface area contributed by atoms with Gasteiger partial charge >= 0.3 is 6.03 Å². The SMILES string of the molecule is CCc1nc2n(n1)CCCC2NC(=O)NCc1csc(C2CC2)n1. The lowest BCUT2D eigenvalue weighted by atomic mass is 10.1. The first-order chi connectivity index (χ1) is 11.7. The van der Waals surface area contributed by atoms with E-state index in [0.717, 1.165) is 43.1 Å². The van der Waals surface area contributed by atoms with Gasteiger partial charge in [0.2, 0.25) is 0 Å². The van der Waals surface area contributed by atoms with Crippen LogP contribution in [0.25, 0.3) is 0 Å². The van der Waals surface area contributed by atoms with Gasteiger partial charge in [0.25, 0.3) is 0 Å². The first kappa shape index (κ1) is 15.6. The largest absolute Gasteiger partial charge is 0.332 e. The van der Waals surface area contributed by atoms with Gasteiger partial charge in [0.15, 0.2) is 5.82 Å². The molecular formula is C16H22N6OS. The summed E-state index contributed by atoms with van der Waals surface area (Å²) in [4.78, 5) is 21.4. The zero-order valence-electron chi connectivity index (χ0n) is 13.8. The Morgan fingerprint density at radius 1 is 1.38 bits per heavy atom. The van der Waals surface area contributed by atoms with Crippen molar-refractivity contribution >= 4 is 17.4 Å². The Morgan fingerprint density at radius 3 is 3.04 bits per heavy atom. The van der Waals surface area contributed by atoms with E-state index >= 15 is 0 Å². The van der Waals surface area contributed by atoms with E-state index in [4.69, 9.17) is 0 Å². The number of aryl methyl sites for hydroxylation is 2. The number of amides is 2. The highest BCUT2D eigenvalue weighted by atomic mass is 32.1. The normalized spacial score (nSPS) is 19.8. The molecule has 2 amide bonds. The maximum absolute atomic E-state index is 12.2. The molecule has 4 rings (SSSR count). The number of carbonyl (C=O) groups excluding carboxylic acids is 1. The molecule has 0 bridgehead atoms. The summed E-state index contributed by atoms with van der Waals surface area (Å²) in [6.45, 7) is 3.39. The third-order valence-corrected chi connectivity index (χ3v) is 5.52. The highest BCUT2D eigenvalue weighted by molar-refractivity contribution is 7.09. The Morgan fingerprint density at radius 2 is 2.25 bits per heavy atom. The third kappa shape index (κ3) is 3.28. The van der Waals surface area contributed by atoms with E-state index < -0.39 is 0 Å². The predicted octanol–water partition coefficient (Wildman–Crippen LogP) is 2.51. The van der Waals surface area contributed by atoms with Crippen LogP contribution in [0.4, 0.5) is 4.79 Å². The fourth-order valence-electron chi connectivity index (χ4n) is 2.99. The van der Waals surface area contributed by atoms with Crippen molar-refractivity contribution in [2.45, 2.75) is 64.1 Å². The second-order valence-corrected chi connectivity index (χ2v) is 7.33.